The number of aliphatic imine (C=N–C) groups is 1. The van der Waals surface area contributed by atoms with E-state index in [2.05, 4.69) is 32.6 Å². The zero-order valence-corrected chi connectivity index (χ0v) is 31.8. The van der Waals surface area contributed by atoms with Gasteiger partial charge in [-0.15, -0.1) is 0 Å². The highest BCUT2D eigenvalue weighted by molar-refractivity contribution is 6.51. The fourth-order valence-corrected chi connectivity index (χ4v) is 6.81. The lowest BCUT2D eigenvalue weighted by molar-refractivity contribution is -0.0123. The lowest BCUT2D eigenvalue weighted by Gasteiger charge is -2.34. The maximum absolute atomic E-state index is 15.4. The summed E-state index contributed by atoms with van der Waals surface area (Å²) in [5.74, 6) is 0.761. The average molecular weight is 689 g/mol. The number of benzene rings is 2. The van der Waals surface area contributed by atoms with Crippen LogP contribution in [0.4, 0.5) is 10.2 Å². The molecule has 2 N–H and O–H groups in total. The van der Waals surface area contributed by atoms with Crippen LogP contribution in [0.1, 0.15) is 111 Å². The van der Waals surface area contributed by atoms with Gasteiger partial charge in [0, 0.05) is 23.7 Å². The number of aromatic nitrogens is 2. The molecule has 2 unspecified atom stereocenters. The van der Waals surface area contributed by atoms with E-state index in [0.29, 0.717) is 61.3 Å². The lowest BCUT2D eigenvalue weighted by atomic mass is 9.78. The summed E-state index contributed by atoms with van der Waals surface area (Å²) < 4.78 is 27.4. The molecule has 2 aliphatic rings. The third-order valence-electron chi connectivity index (χ3n) is 8.84. The van der Waals surface area contributed by atoms with Crippen molar-refractivity contribution in [2.75, 3.05) is 37.8 Å². The number of nitrogens with zero attached hydrogens (tertiary/aromatic N) is 4. The highest BCUT2D eigenvalue weighted by Crippen LogP contribution is 2.47. The van der Waals surface area contributed by atoms with Crippen LogP contribution in [-0.4, -0.2) is 70.4 Å². The molecule has 8 nitrogen and oxygen atoms in total. The van der Waals surface area contributed by atoms with E-state index >= 15 is 4.39 Å². The predicted molar refractivity (Wildman–Crippen MR) is 205 cm³/mol. The van der Waals surface area contributed by atoms with E-state index in [1.54, 1.807) is 25.1 Å². The number of aliphatic hydroxyl groups is 1. The number of anilines is 1. The van der Waals surface area contributed by atoms with Crippen molar-refractivity contribution in [3.63, 3.8) is 0 Å². The number of ether oxygens (including phenoxy) is 2. The zero-order valence-electron chi connectivity index (χ0n) is 31.8. The van der Waals surface area contributed by atoms with E-state index in [9.17, 15) is 10.2 Å². The second-order valence-corrected chi connectivity index (χ2v) is 14.2. The standard InChI is InChI=1S/C38H49FN4O4.C3H8/c1-9-12-23(6)19-47-37-41-34-24(7)31(29-18-26(44)17-25-13-14-30(39)27(10-2)32(25)29)35(40-22(4)5)28(11-3)33(34)36(42-37)43-15-16-46-21-38(8,45)20-43;1-3-2/h11,13-14,17-18,22-23,44-45H,9-10,12,15-16,19-21H2,1-8H3;3H2,1-2H3/b28-11-,40-35?;. The van der Waals surface area contributed by atoms with Gasteiger partial charge < -0.3 is 24.6 Å². The van der Waals surface area contributed by atoms with Gasteiger partial charge in [0.2, 0.25) is 0 Å². The number of phenolic OH excluding ortho intramolecular Hbond substituents is 1. The van der Waals surface area contributed by atoms with Crippen LogP contribution < -0.4 is 9.64 Å². The van der Waals surface area contributed by atoms with Gasteiger partial charge in [0.15, 0.2) is 0 Å². The Hall–Kier alpha value is -3.82. The molecule has 272 valence electrons. The summed E-state index contributed by atoms with van der Waals surface area (Å²) in [6.07, 6.45) is 5.82. The summed E-state index contributed by atoms with van der Waals surface area (Å²) in [6.45, 7) is 22.2. The number of β-amino-alcohol motifs (C(OH)–C–C–N with tert-alkyl or cyclic N) is 1. The topological polar surface area (TPSA) is 100 Å². The van der Waals surface area contributed by atoms with Crippen molar-refractivity contribution in [3.8, 4) is 11.8 Å². The van der Waals surface area contributed by atoms with Crippen molar-refractivity contribution in [2.45, 2.75) is 107 Å². The minimum Gasteiger partial charge on any atom is -0.508 e. The van der Waals surface area contributed by atoms with E-state index in [0.717, 1.165) is 51.6 Å². The number of aryl methyl sites for hydroxylation is 1. The summed E-state index contributed by atoms with van der Waals surface area (Å²) >= 11 is 0. The normalized spacial score (nSPS) is 20.2. The predicted octanol–water partition coefficient (Wildman–Crippen LogP) is 9.05. The number of rotatable bonds is 9. The maximum Gasteiger partial charge on any atom is 0.318 e. The molecule has 0 radical (unpaired) electrons. The molecule has 1 aliphatic carbocycles. The molecule has 2 heterocycles. The van der Waals surface area contributed by atoms with Crippen molar-refractivity contribution in [3.05, 3.63) is 58.5 Å². The van der Waals surface area contributed by atoms with E-state index < -0.39 is 5.60 Å². The first kappa shape index (κ1) is 39.0. The second kappa shape index (κ2) is 16.9. The van der Waals surface area contributed by atoms with E-state index in [1.165, 1.54) is 12.5 Å². The van der Waals surface area contributed by atoms with Crippen LogP contribution in [0.2, 0.25) is 0 Å². The molecule has 2 aromatic carbocycles. The van der Waals surface area contributed by atoms with Crippen LogP contribution in [-0.2, 0) is 11.2 Å². The molecule has 0 bridgehead atoms. The lowest BCUT2D eigenvalue weighted by Crippen LogP contribution is -2.42. The Kier molecular flexibility index (Phi) is 13.2. The first-order chi connectivity index (χ1) is 23.8. The minimum atomic E-state index is -1.10. The van der Waals surface area contributed by atoms with Crippen LogP contribution >= 0.6 is 0 Å². The number of hydrogen-bond donors (Lipinski definition) is 2. The van der Waals surface area contributed by atoms with Gasteiger partial charge in [-0.2, -0.15) is 9.97 Å². The summed E-state index contributed by atoms with van der Waals surface area (Å²) in [6, 6.07) is 6.75. The molecular formula is C41H57FN4O4. The van der Waals surface area contributed by atoms with Gasteiger partial charge in [0.1, 0.15) is 23.0 Å². The monoisotopic (exact) mass is 688 g/mol. The molecule has 1 fully saturated rings. The third kappa shape index (κ3) is 8.55. The summed E-state index contributed by atoms with van der Waals surface area (Å²) in [5.41, 5.74) is 4.80. The maximum atomic E-state index is 15.4. The van der Waals surface area contributed by atoms with E-state index in [4.69, 9.17) is 24.4 Å². The number of halogens is 1. The summed E-state index contributed by atoms with van der Waals surface area (Å²) in [7, 11) is 0. The molecule has 3 aromatic rings. The minimum absolute atomic E-state index is 0.0744. The molecular weight excluding hydrogens is 631 g/mol. The molecule has 1 aromatic heterocycles. The van der Waals surface area contributed by atoms with Crippen LogP contribution in [0.15, 0.2) is 35.3 Å². The molecule has 2 atom stereocenters. The van der Waals surface area contributed by atoms with Crippen LogP contribution in [0.5, 0.6) is 11.8 Å². The van der Waals surface area contributed by atoms with Crippen molar-refractivity contribution in [2.24, 2.45) is 10.9 Å². The van der Waals surface area contributed by atoms with Gasteiger partial charge in [-0.1, -0.05) is 59.6 Å². The van der Waals surface area contributed by atoms with E-state index in [1.807, 2.05) is 40.7 Å². The molecule has 0 spiro atoms. The SMILES string of the molecule is C/C=C1\C(=NC(C)C)C(c2cc(O)cc3ccc(F)c(CC)c23)=C(C)c2nc(OCC(C)CCC)nc(N3CCOCC(C)(O)C3)c21.CCC. The number of hydrogen-bond acceptors (Lipinski definition) is 8. The fraction of sp³-hybridized carbons (Fsp3) is 0.537. The van der Waals surface area contributed by atoms with Gasteiger partial charge >= 0.3 is 6.01 Å². The average Bonchev–Trinajstić information content (AvgIpc) is 3.24. The van der Waals surface area contributed by atoms with Gasteiger partial charge in [-0.3, -0.25) is 4.99 Å². The van der Waals surface area contributed by atoms with Crippen LogP contribution in [0, 0.1) is 11.7 Å². The first-order valence-corrected chi connectivity index (χ1v) is 18.3. The highest BCUT2D eigenvalue weighted by atomic mass is 19.1. The molecule has 1 aliphatic heterocycles. The Morgan fingerprint density at radius 1 is 1.14 bits per heavy atom. The van der Waals surface area contributed by atoms with Crippen molar-refractivity contribution < 1.29 is 24.1 Å². The molecule has 0 saturated carbocycles. The smallest absolute Gasteiger partial charge is 0.318 e. The van der Waals surface area contributed by atoms with Crippen LogP contribution in [0.25, 0.3) is 27.5 Å². The first-order valence-electron chi connectivity index (χ1n) is 18.3. The summed E-state index contributed by atoms with van der Waals surface area (Å²) in [4.78, 5) is 17.3. The molecule has 0 amide bonds. The Balaban J connectivity index is 0.00000181. The molecule has 9 heteroatoms. The van der Waals surface area contributed by atoms with E-state index in [-0.39, 0.29) is 30.2 Å². The number of allylic oxidation sites excluding steroid dienone is 4. The van der Waals surface area contributed by atoms with Crippen molar-refractivity contribution in [1.82, 2.24) is 9.97 Å². The number of fused-ring (bicyclic) bond motifs is 2. The Labute approximate surface area is 298 Å². The van der Waals surface area contributed by atoms with Crippen LogP contribution in [0.3, 0.4) is 0 Å². The van der Waals surface area contributed by atoms with Crippen molar-refractivity contribution in [1.29, 1.82) is 0 Å². The largest absolute Gasteiger partial charge is 0.508 e. The molecule has 1 saturated heterocycles. The molecule has 5 rings (SSSR count). The summed E-state index contributed by atoms with van der Waals surface area (Å²) in [5, 5.41) is 23.7. The van der Waals surface area contributed by atoms with Gasteiger partial charge in [0.25, 0.3) is 0 Å². The molecule has 50 heavy (non-hydrogen) atoms. The number of phenols is 1. The van der Waals surface area contributed by atoms with Crippen molar-refractivity contribution >= 4 is 39.0 Å². The highest BCUT2D eigenvalue weighted by Gasteiger charge is 2.37. The number of aromatic hydroxyl groups is 1. The third-order valence-corrected chi connectivity index (χ3v) is 8.84. The fourth-order valence-electron chi connectivity index (χ4n) is 6.81. The zero-order chi connectivity index (χ0) is 36.7. The van der Waals surface area contributed by atoms with Gasteiger partial charge in [-0.25, -0.2) is 4.39 Å². The Morgan fingerprint density at radius 2 is 1.86 bits per heavy atom. The van der Waals surface area contributed by atoms with Gasteiger partial charge in [0.05, 0.1) is 43.3 Å². The Morgan fingerprint density at radius 3 is 2.50 bits per heavy atom. The van der Waals surface area contributed by atoms with Gasteiger partial charge in [-0.05, 0) is 99.0 Å². The second-order valence-electron chi connectivity index (χ2n) is 14.2. The Bertz CT molecular complexity index is 1760. The quantitative estimate of drug-likeness (QED) is 0.231.